The summed E-state index contributed by atoms with van der Waals surface area (Å²) in [5, 5.41) is 0. The Balaban J connectivity index is 0.00000256. The van der Waals surface area contributed by atoms with Gasteiger partial charge < -0.3 is 0 Å². The van der Waals surface area contributed by atoms with Gasteiger partial charge in [0.2, 0.25) is 0 Å². The summed E-state index contributed by atoms with van der Waals surface area (Å²) in [7, 11) is 0. The van der Waals surface area contributed by atoms with Crippen molar-refractivity contribution in [2.75, 3.05) is 0 Å². The molecular weight excluding hydrogens is 935 g/mol. The van der Waals surface area contributed by atoms with Crippen LogP contribution in [0.3, 0.4) is 0 Å². The van der Waals surface area contributed by atoms with Crippen molar-refractivity contribution in [2.24, 2.45) is 46.3 Å². The molecule has 8 bridgehead atoms. The first-order valence-electron chi connectivity index (χ1n) is 26.2. The zero-order valence-corrected chi connectivity index (χ0v) is 47.7. The smallest absolute Gasteiger partial charge is 0.147 e. The van der Waals surface area contributed by atoms with Gasteiger partial charge in [-0.2, -0.15) is 0 Å². The predicted octanol–water partition coefficient (Wildman–Crippen LogP) is 17.6. The van der Waals surface area contributed by atoms with E-state index < -0.39 is 17.4 Å². The number of fused-ring (bicyclic) bond motifs is 2. The number of benzene rings is 4. The second kappa shape index (κ2) is 15.8. The summed E-state index contributed by atoms with van der Waals surface area (Å²) in [6.07, 6.45) is 17.6. The minimum atomic E-state index is -4.03. The quantitative estimate of drug-likeness (QED) is 0.169. The average molecular weight is 1020 g/mol. The van der Waals surface area contributed by atoms with Gasteiger partial charge in [0.1, 0.15) is 0 Å². The van der Waals surface area contributed by atoms with E-state index in [2.05, 4.69) is 156 Å². The normalized spacial score (nSPS) is 33.0. The van der Waals surface area contributed by atoms with Crippen molar-refractivity contribution in [3.05, 3.63) is 129 Å². The van der Waals surface area contributed by atoms with E-state index in [1.165, 1.54) is 99.3 Å². The third-order valence-electron chi connectivity index (χ3n) is 20.2. The SMILES string of the molecule is CC1=C(C(C)(C)C)[CH]([Zr]([CH3])([CH3])(=[SiH2])[CH]2C(C(C)(C)C)=C(C)c3c(-c4ccc(C56CC7CC(CC(C7)C5)C6)cc4)cccc32)c2cccc(-c3ccc(C45CC6CC(CC(C6)C4)C5)cc3)c21.Cl.Cl. The molecule has 8 fully saturated rings. The Morgan fingerprint density at radius 3 is 1.02 bits per heavy atom. The molecule has 0 aliphatic heterocycles. The minimum absolute atomic E-state index is 0. The van der Waals surface area contributed by atoms with Crippen molar-refractivity contribution < 1.29 is 17.4 Å². The first-order valence-corrected chi connectivity index (χ1v) is 39.9. The molecule has 0 N–H and O–H groups in total. The minimum Gasteiger partial charge on any atom is -0.147 e. The van der Waals surface area contributed by atoms with Crippen molar-refractivity contribution in [1.82, 2.24) is 0 Å². The Hall–Kier alpha value is -1.96. The van der Waals surface area contributed by atoms with Gasteiger partial charge >= 0.3 is 393 Å². The van der Waals surface area contributed by atoms with Crippen LogP contribution >= 0.6 is 24.8 Å². The number of allylic oxidation sites excluding steroid dienone is 4. The topological polar surface area (TPSA) is 0 Å². The van der Waals surface area contributed by atoms with Gasteiger partial charge in [0.05, 0.1) is 0 Å². The van der Waals surface area contributed by atoms with E-state index in [9.17, 15) is 0 Å². The molecule has 10 aliphatic rings. The van der Waals surface area contributed by atoms with E-state index in [0.29, 0.717) is 18.1 Å². The van der Waals surface area contributed by atoms with Crippen molar-refractivity contribution >= 4 is 42.8 Å². The summed E-state index contributed by atoms with van der Waals surface area (Å²) in [6, 6.07) is 35.4. The van der Waals surface area contributed by atoms with Crippen molar-refractivity contribution in [1.29, 1.82) is 0 Å². The molecule has 0 amide bonds. The van der Waals surface area contributed by atoms with E-state index in [1.807, 2.05) is 0 Å². The molecular formula is C62H80Cl2SiZr. The summed E-state index contributed by atoms with van der Waals surface area (Å²) in [6.45, 7) is 22.7. The van der Waals surface area contributed by atoms with Crippen LogP contribution in [0.25, 0.3) is 33.4 Å². The van der Waals surface area contributed by atoms with Crippen LogP contribution in [0.2, 0.25) is 9.26 Å². The van der Waals surface area contributed by atoms with Crippen LogP contribution in [0.1, 0.15) is 173 Å². The molecule has 0 heterocycles. The maximum Gasteiger partial charge on any atom is -0.147 e. The maximum atomic E-state index is 2.89. The molecule has 4 aromatic carbocycles. The molecule has 8 saturated carbocycles. The Kier molecular flexibility index (Phi) is 11.4. The molecule has 0 saturated heterocycles. The van der Waals surface area contributed by atoms with Gasteiger partial charge in [0, 0.05) is 0 Å². The van der Waals surface area contributed by atoms with Gasteiger partial charge in [-0.05, 0) is 0 Å². The molecule has 2 unspecified atom stereocenters. The number of rotatable bonds is 6. The number of halogens is 2. The van der Waals surface area contributed by atoms with E-state index in [1.54, 1.807) is 55.7 Å². The molecule has 350 valence electrons. The largest absolute Gasteiger partial charge is 0.147 e. The van der Waals surface area contributed by atoms with Crippen LogP contribution in [0.4, 0.5) is 0 Å². The summed E-state index contributed by atoms with van der Waals surface area (Å²) < 4.78 is 6.70. The third kappa shape index (κ3) is 7.13. The molecule has 0 aromatic heterocycles. The molecule has 66 heavy (non-hydrogen) atoms. The van der Waals surface area contributed by atoms with Crippen molar-refractivity contribution in [3.63, 3.8) is 0 Å². The Morgan fingerprint density at radius 2 is 0.742 bits per heavy atom. The first-order chi connectivity index (χ1) is 30.2. The van der Waals surface area contributed by atoms with Crippen LogP contribution in [0.5, 0.6) is 0 Å². The van der Waals surface area contributed by atoms with Gasteiger partial charge in [0.15, 0.2) is 0 Å². The van der Waals surface area contributed by atoms with Crippen LogP contribution < -0.4 is 0 Å². The fraction of sp³-hybridized carbons (Fsp3) is 0.548. The van der Waals surface area contributed by atoms with Crippen molar-refractivity contribution in [3.8, 4) is 22.3 Å². The molecule has 0 nitrogen and oxygen atoms in total. The second-order valence-electron chi connectivity index (χ2n) is 27.5. The van der Waals surface area contributed by atoms with Crippen LogP contribution in [0, 0.1) is 46.3 Å². The van der Waals surface area contributed by atoms with E-state index in [-0.39, 0.29) is 35.6 Å². The van der Waals surface area contributed by atoms with Crippen molar-refractivity contribution in [2.45, 2.75) is 160 Å². The van der Waals surface area contributed by atoms with E-state index in [4.69, 9.17) is 0 Å². The fourth-order valence-corrected chi connectivity index (χ4v) is 38.9. The van der Waals surface area contributed by atoms with Gasteiger partial charge in [-0.15, -0.1) is 24.8 Å². The average Bonchev–Trinajstić information content (AvgIpc) is 3.73. The first kappa shape index (κ1) is 47.7. The van der Waals surface area contributed by atoms with E-state index in [0.717, 1.165) is 35.5 Å². The summed E-state index contributed by atoms with van der Waals surface area (Å²) >= 11 is -4.03. The van der Waals surface area contributed by atoms with Crippen LogP contribution in [-0.4, -0.2) is 6.88 Å². The monoisotopic (exact) mass is 1010 g/mol. The molecule has 2 atom stereocenters. The Labute approximate surface area is 414 Å². The van der Waals surface area contributed by atoms with Crippen LogP contribution in [0.15, 0.2) is 96.1 Å². The Morgan fingerprint density at radius 1 is 0.455 bits per heavy atom. The molecule has 4 aromatic rings. The predicted molar refractivity (Wildman–Crippen MR) is 288 cm³/mol. The summed E-state index contributed by atoms with van der Waals surface area (Å²) in [5.74, 6) is 5.83. The zero-order chi connectivity index (χ0) is 44.5. The third-order valence-corrected chi connectivity index (χ3v) is 37.3. The number of hydrogen-bond acceptors (Lipinski definition) is 0. The standard InChI is InChI=1S/2C30H35.2CH3.2ClH.H2Si.Zr/c2*1-19-27(29(2,3)4)15-24-6-5-7-26(28(19)24)23-8-10-25(11-9-23)30-16-20-12-21(17-30)14-22(13-20)18-30;;;;;;/h2*5-11,15,20-22H,12-14,16-18H2,1-4H3;2*1H3;2*1H;1H2;. The molecule has 0 radical (unpaired) electrons. The zero-order valence-electron chi connectivity index (χ0n) is 42.2. The van der Waals surface area contributed by atoms with Crippen LogP contribution in [-0.2, 0) is 28.2 Å². The molecule has 0 spiro atoms. The van der Waals surface area contributed by atoms with Gasteiger partial charge in [-0.25, -0.2) is 0 Å². The number of hydrogen-bond donors (Lipinski definition) is 0. The summed E-state index contributed by atoms with van der Waals surface area (Å²) in [4.78, 5) is 0. The van der Waals surface area contributed by atoms with Gasteiger partial charge in [0.25, 0.3) is 0 Å². The molecule has 10 aliphatic carbocycles. The molecule has 4 heteroatoms. The molecule has 14 rings (SSSR count). The second-order valence-corrected chi connectivity index (χ2v) is 57.9. The van der Waals surface area contributed by atoms with Gasteiger partial charge in [-0.1, -0.05) is 0 Å². The Bertz CT molecular complexity index is 2490. The van der Waals surface area contributed by atoms with Gasteiger partial charge in [-0.3, -0.25) is 0 Å². The fourth-order valence-electron chi connectivity index (χ4n) is 19.0. The maximum absolute atomic E-state index is 4.03. The summed E-state index contributed by atoms with van der Waals surface area (Å²) in [5.41, 5.74) is 22.9. The van der Waals surface area contributed by atoms with E-state index >= 15 is 0 Å².